The molecular formula is C16H26N2O. The Morgan fingerprint density at radius 3 is 2.84 bits per heavy atom. The Morgan fingerprint density at radius 2 is 2.21 bits per heavy atom. The molecule has 1 aliphatic rings. The summed E-state index contributed by atoms with van der Waals surface area (Å²) in [5.41, 5.74) is 8.38. The summed E-state index contributed by atoms with van der Waals surface area (Å²) < 4.78 is 5.18. The third-order valence-electron chi connectivity index (χ3n) is 4.01. The Hall–Kier alpha value is -0.900. The van der Waals surface area contributed by atoms with Crippen LogP contribution in [0.2, 0.25) is 0 Å². The maximum Gasteiger partial charge on any atom is 0.0713 e. The van der Waals surface area contributed by atoms with Crippen LogP contribution in [-0.2, 0) is 11.3 Å². The molecule has 0 aromatic heterocycles. The van der Waals surface area contributed by atoms with Crippen LogP contribution in [0.15, 0.2) is 24.3 Å². The van der Waals surface area contributed by atoms with Crippen molar-refractivity contribution in [2.24, 2.45) is 17.6 Å². The molecule has 0 bridgehead atoms. The van der Waals surface area contributed by atoms with Gasteiger partial charge >= 0.3 is 0 Å². The van der Waals surface area contributed by atoms with Crippen LogP contribution < -0.4 is 11.1 Å². The molecule has 19 heavy (non-hydrogen) atoms. The lowest BCUT2D eigenvalue weighted by molar-refractivity contribution is 0.185. The van der Waals surface area contributed by atoms with Crippen LogP contribution in [0.4, 0.5) is 0 Å². The predicted molar refractivity (Wildman–Crippen MR) is 78.8 cm³/mol. The third-order valence-corrected chi connectivity index (χ3v) is 4.01. The van der Waals surface area contributed by atoms with E-state index < -0.39 is 0 Å². The van der Waals surface area contributed by atoms with Gasteiger partial charge in [0.25, 0.3) is 0 Å². The van der Waals surface area contributed by atoms with Gasteiger partial charge in [-0.05, 0) is 42.3 Å². The van der Waals surface area contributed by atoms with Crippen molar-refractivity contribution < 1.29 is 4.74 Å². The number of ether oxygens (including phenoxy) is 1. The summed E-state index contributed by atoms with van der Waals surface area (Å²) >= 11 is 0. The zero-order valence-electron chi connectivity index (χ0n) is 12.1. The summed E-state index contributed by atoms with van der Waals surface area (Å²) in [4.78, 5) is 0. The van der Waals surface area contributed by atoms with Crippen molar-refractivity contribution in [2.45, 2.75) is 32.4 Å². The molecule has 2 unspecified atom stereocenters. The van der Waals surface area contributed by atoms with E-state index in [9.17, 15) is 0 Å². The number of rotatable bonds is 8. The van der Waals surface area contributed by atoms with Crippen molar-refractivity contribution in [3.63, 3.8) is 0 Å². The zero-order valence-corrected chi connectivity index (χ0v) is 12.1. The second-order valence-electron chi connectivity index (χ2n) is 5.69. The molecule has 0 aliphatic heterocycles. The van der Waals surface area contributed by atoms with Crippen LogP contribution in [0.3, 0.4) is 0 Å². The second kappa shape index (κ2) is 7.04. The molecule has 2 atom stereocenters. The van der Waals surface area contributed by atoms with Gasteiger partial charge in [-0.15, -0.1) is 0 Å². The van der Waals surface area contributed by atoms with E-state index in [1.807, 2.05) is 0 Å². The third kappa shape index (κ3) is 4.30. The fourth-order valence-corrected chi connectivity index (χ4v) is 2.56. The van der Waals surface area contributed by atoms with Gasteiger partial charge in [0.2, 0.25) is 0 Å². The van der Waals surface area contributed by atoms with Crippen LogP contribution >= 0.6 is 0 Å². The molecule has 3 N–H and O–H groups in total. The van der Waals surface area contributed by atoms with Crippen molar-refractivity contribution >= 4 is 0 Å². The summed E-state index contributed by atoms with van der Waals surface area (Å²) in [6.45, 7) is 4.68. The molecule has 1 saturated carbocycles. The summed E-state index contributed by atoms with van der Waals surface area (Å²) in [7, 11) is 1.72. The molecule has 0 heterocycles. The molecular weight excluding hydrogens is 236 g/mol. The molecule has 0 amide bonds. The van der Waals surface area contributed by atoms with Gasteiger partial charge in [-0.25, -0.2) is 0 Å². The van der Waals surface area contributed by atoms with Gasteiger partial charge in [0.05, 0.1) is 6.61 Å². The number of hydrogen-bond donors (Lipinski definition) is 2. The number of nitrogens with two attached hydrogens (primary N) is 1. The van der Waals surface area contributed by atoms with E-state index in [1.54, 1.807) is 7.11 Å². The molecule has 3 nitrogen and oxygen atoms in total. The highest BCUT2D eigenvalue weighted by Gasteiger charge is 2.27. The van der Waals surface area contributed by atoms with E-state index in [1.165, 1.54) is 24.0 Å². The normalized spacial score (nSPS) is 18.3. The molecule has 106 valence electrons. The van der Waals surface area contributed by atoms with Gasteiger partial charge in [0, 0.05) is 19.7 Å². The largest absolute Gasteiger partial charge is 0.380 e. The highest BCUT2D eigenvalue weighted by Crippen LogP contribution is 2.36. The highest BCUT2D eigenvalue weighted by atomic mass is 16.5. The van der Waals surface area contributed by atoms with Crippen LogP contribution in [0, 0.1) is 11.8 Å². The first-order valence-electron chi connectivity index (χ1n) is 7.25. The number of nitrogens with one attached hydrogen (secondary N) is 1. The molecule has 2 rings (SSSR count). The first kappa shape index (κ1) is 14.5. The Balaban J connectivity index is 1.93. The molecule has 0 saturated heterocycles. The average Bonchev–Trinajstić information content (AvgIpc) is 3.24. The zero-order chi connectivity index (χ0) is 13.7. The van der Waals surface area contributed by atoms with Gasteiger partial charge in [-0.2, -0.15) is 0 Å². The number of benzene rings is 1. The minimum absolute atomic E-state index is 0.248. The maximum absolute atomic E-state index is 5.91. The van der Waals surface area contributed by atoms with Gasteiger partial charge in [0.1, 0.15) is 0 Å². The maximum atomic E-state index is 5.91. The average molecular weight is 262 g/mol. The Morgan fingerprint density at radius 1 is 1.42 bits per heavy atom. The summed E-state index contributed by atoms with van der Waals surface area (Å²) in [5, 5.41) is 3.61. The lowest BCUT2D eigenvalue weighted by atomic mass is 10.0. The lowest BCUT2D eigenvalue weighted by Crippen LogP contribution is -2.32. The van der Waals surface area contributed by atoms with Gasteiger partial charge in [0.15, 0.2) is 0 Å². The topological polar surface area (TPSA) is 47.3 Å². The number of hydrogen-bond acceptors (Lipinski definition) is 3. The van der Waals surface area contributed by atoms with Gasteiger partial charge < -0.3 is 15.8 Å². The highest BCUT2D eigenvalue weighted by molar-refractivity contribution is 5.26. The smallest absolute Gasteiger partial charge is 0.0713 e. The molecule has 0 radical (unpaired) electrons. The van der Waals surface area contributed by atoms with Gasteiger partial charge in [-0.3, -0.25) is 0 Å². The SMILES string of the molecule is COCc1cccc(C(CN)NCC(C)C2CC2)c1. The van der Waals surface area contributed by atoms with Crippen molar-refractivity contribution in [1.29, 1.82) is 0 Å². The van der Waals surface area contributed by atoms with Crippen molar-refractivity contribution in [3.8, 4) is 0 Å². The van der Waals surface area contributed by atoms with Crippen molar-refractivity contribution in [3.05, 3.63) is 35.4 Å². The second-order valence-corrected chi connectivity index (χ2v) is 5.69. The summed E-state index contributed by atoms with van der Waals surface area (Å²) in [6.07, 6.45) is 2.80. The molecule has 1 aliphatic carbocycles. The Labute approximate surface area is 116 Å². The molecule has 1 aromatic rings. The predicted octanol–water partition coefficient (Wildman–Crippen LogP) is 2.47. The Bertz CT molecular complexity index is 390. The summed E-state index contributed by atoms with van der Waals surface area (Å²) in [6, 6.07) is 8.76. The van der Waals surface area contributed by atoms with Crippen LogP contribution in [0.25, 0.3) is 0 Å². The van der Waals surface area contributed by atoms with E-state index in [0.717, 1.165) is 18.4 Å². The first-order chi connectivity index (χ1) is 9.24. The molecule has 1 aromatic carbocycles. The fraction of sp³-hybridized carbons (Fsp3) is 0.625. The quantitative estimate of drug-likeness (QED) is 0.756. The molecule has 3 heteroatoms. The van der Waals surface area contributed by atoms with E-state index >= 15 is 0 Å². The number of methoxy groups -OCH3 is 1. The Kier molecular flexibility index (Phi) is 5.37. The molecule has 0 spiro atoms. The van der Waals surface area contributed by atoms with E-state index in [4.69, 9.17) is 10.5 Å². The van der Waals surface area contributed by atoms with Crippen LogP contribution in [0.1, 0.15) is 36.9 Å². The van der Waals surface area contributed by atoms with Crippen LogP contribution in [0.5, 0.6) is 0 Å². The van der Waals surface area contributed by atoms with E-state index in [2.05, 4.69) is 36.5 Å². The van der Waals surface area contributed by atoms with Crippen LogP contribution in [-0.4, -0.2) is 20.2 Å². The standard InChI is InChI=1S/C16H26N2O/c1-12(14-6-7-14)10-18-16(9-17)15-5-3-4-13(8-15)11-19-2/h3-5,8,12,14,16,18H,6-7,9-11,17H2,1-2H3. The lowest BCUT2D eigenvalue weighted by Gasteiger charge is -2.20. The minimum Gasteiger partial charge on any atom is -0.380 e. The summed E-state index contributed by atoms with van der Waals surface area (Å²) in [5.74, 6) is 1.70. The van der Waals surface area contributed by atoms with Crippen molar-refractivity contribution in [1.82, 2.24) is 5.32 Å². The van der Waals surface area contributed by atoms with E-state index in [-0.39, 0.29) is 6.04 Å². The molecule has 1 fully saturated rings. The minimum atomic E-state index is 0.248. The fourth-order valence-electron chi connectivity index (χ4n) is 2.56. The monoisotopic (exact) mass is 262 g/mol. The van der Waals surface area contributed by atoms with Crippen molar-refractivity contribution in [2.75, 3.05) is 20.2 Å². The first-order valence-corrected chi connectivity index (χ1v) is 7.25. The van der Waals surface area contributed by atoms with Gasteiger partial charge in [-0.1, -0.05) is 31.2 Å². The van der Waals surface area contributed by atoms with E-state index in [0.29, 0.717) is 13.2 Å².